The minimum atomic E-state index is -0.141. The van der Waals surface area contributed by atoms with Crippen molar-refractivity contribution in [3.63, 3.8) is 0 Å². The van der Waals surface area contributed by atoms with Gasteiger partial charge < -0.3 is 20.4 Å². The van der Waals surface area contributed by atoms with Crippen LogP contribution in [0.1, 0.15) is 57.5 Å². The van der Waals surface area contributed by atoms with Crippen LogP contribution in [0.3, 0.4) is 0 Å². The second kappa shape index (κ2) is 11.3. The topological polar surface area (TPSA) is 64.7 Å². The molecule has 0 bridgehead atoms. The molecule has 0 spiro atoms. The van der Waals surface area contributed by atoms with Gasteiger partial charge in [-0.2, -0.15) is 0 Å². The fourth-order valence-electron chi connectivity index (χ4n) is 5.18. The van der Waals surface area contributed by atoms with Gasteiger partial charge in [0.05, 0.1) is 0 Å². The summed E-state index contributed by atoms with van der Waals surface area (Å²) in [5.74, 6) is -0.282. The molecular weight excluding hydrogens is 448 g/mol. The van der Waals surface area contributed by atoms with E-state index in [2.05, 4.69) is 44.7 Å². The van der Waals surface area contributed by atoms with Crippen molar-refractivity contribution < 1.29 is 9.59 Å². The number of carbonyl (C=O) groups excluding carboxylic acids is 2. The van der Waals surface area contributed by atoms with E-state index >= 15 is 0 Å². The van der Waals surface area contributed by atoms with E-state index in [9.17, 15) is 9.59 Å². The van der Waals surface area contributed by atoms with Crippen molar-refractivity contribution in [3.8, 4) is 0 Å². The summed E-state index contributed by atoms with van der Waals surface area (Å²) in [6, 6.07) is 23.4. The standard InChI is InChI=1S/C30H34N4O2/c35-29(31-21-25-9-1-3-11-27(25)33-17-5-6-18-33)23-13-15-24(16-14-23)30(36)32-22-26-10-2-4-12-28(26)34-19-7-8-20-34/h1-4,9-16H,5-8,17-22H2,(H,31,35)(H,32,36). The maximum atomic E-state index is 12.8. The maximum absolute atomic E-state index is 12.8. The minimum absolute atomic E-state index is 0.141. The quantitative estimate of drug-likeness (QED) is 0.487. The number of para-hydroxylation sites is 2. The Labute approximate surface area is 213 Å². The van der Waals surface area contributed by atoms with E-state index in [1.54, 1.807) is 24.3 Å². The lowest BCUT2D eigenvalue weighted by molar-refractivity contribution is 0.0939. The molecule has 0 saturated carbocycles. The molecule has 6 heteroatoms. The van der Waals surface area contributed by atoms with E-state index in [1.807, 2.05) is 24.3 Å². The molecule has 3 aromatic carbocycles. The van der Waals surface area contributed by atoms with Crippen molar-refractivity contribution in [2.24, 2.45) is 0 Å². The van der Waals surface area contributed by atoms with Gasteiger partial charge in [0.2, 0.25) is 0 Å². The zero-order chi connectivity index (χ0) is 24.7. The molecule has 0 radical (unpaired) electrons. The molecule has 3 aromatic rings. The summed E-state index contributed by atoms with van der Waals surface area (Å²) >= 11 is 0. The first-order valence-electron chi connectivity index (χ1n) is 13.0. The average Bonchev–Trinajstić information content (AvgIpc) is 3.66. The third kappa shape index (κ3) is 5.54. The van der Waals surface area contributed by atoms with Crippen LogP contribution in [0.2, 0.25) is 0 Å². The van der Waals surface area contributed by atoms with Crippen LogP contribution in [-0.2, 0) is 13.1 Å². The summed E-state index contributed by atoms with van der Waals surface area (Å²) < 4.78 is 0. The molecule has 0 atom stereocenters. The highest BCUT2D eigenvalue weighted by molar-refractivity contribution is 5.97. The normalized spacial score (nSPS) is 15.2. The largest absolute Gasteiger partial charge is 0.371 e. The van der Waals surface area contributed by atoms with Gasteiger partial charge >= 0.3 is 0 Å². The number of carbonyl (C=O) groups is 2. The molecule has 2 amide bonds. The number of hydrogen-bond donors (Lipinski definition) is 2. The molecule has 186 valence electrons. The third-order valence-electron chi connectivity index (χ3n) is 7.16. The van der Waals surface area contributed by atoms with Crippen LogP contribution in [0.15, 0.2) is 72.8 Å². The number of anilines is 2. The Bertz CT molecular complexity index is 1100. The average molecular weight is 483 g/mol. The lowest BCUT2D eigenvalue weighted by Gasteiger charge is -2.21. The van der Waals surface area contributed by atoms with E-state index in [4.69, 9.17) is 0 Å². The summed E-state index contributed by atoms with van der Waals surface area (Å²) in [4.78, 5) is 30.3. The molecule has 2 N–H and O–H groups in total. The minimum Gasteiger partial charge on any atom is -0.371 e. The highest BCUT2D eigenvalue weighted by atomic mass is 16.2. The molecule has 0 aromatic heterocycles. The van der Waals surface area contributed by atoms with Gasteiger partial charge in [-0.1, -0.05) is 36.4 Å². The smallest absolute Gasteiger partial charge is 0.251 e. The first-order chi connectivity index (χ1) is 17.7. The summed E-state index contributed by atoms with van der Waals surface area (Å²) in [5.41, 5.74) is 5.74. The zero-order valence-corrected chi connectivity index (χ0v) is 20.7. The molecule has 2 aliphatic rings. The second-order valence-electron chi connectivity index (χ2n) is 9.59. The van der Waals surface area contributed by atoms with Crippen LogP contribution in [-0.4, -0.2) is 38.0 Å². The summed E-state index contributed by atoms with van der Waals surface area (Å²) in [6.45, 7) is 5.22. The van der Waals surface area contributed by atoms with Gasteiger partial charge in [0.1, 0.15) is 0 Å². The summed E-state index contributed by atoms with van der Waals surface area (Å²) in [7, 11) is 0. The van der Waals surface area contributed by atoms with Gasteiger partial charge in [-0.15, -0.1) is 0 Å². The number of nitrogens with one attached hydrogen (secondary N) is 2. The van der Waals surface area contributed by atoms with Crippen LogP contribution >= 0.6 is 0 Å². The molecule has 0 aliphatic carbocycles. The lowest BCUT2D eigenvalue weighted by atomic mass is 10.1. The van der Waals surface area contributed by atoms with Gasteiger partial charge in [-0.25, -0.2) is 0 Å². The summed E-state index contributed by atoms with van der Waals surface area (Å²) in [5, 5.41) is 6.07. The highest BCUT2D eigenvalue weighted by Crippen LogP contribution is 2.25. The van der Waals surface area contributed by atoms with Crippen molar-refractivity contribution in [2.45, 2.75) is 38.8 Å². The van der Waals surface area contributed by atoms with Crippen molar-refractivity contribution in [1.82, 2.24) is 10.6 Å². The fraction of sp³-hybridized carbons (Fsp3) is 0.333. The van der Waals surface area contributed by atoms with Gasteiger partial charge in [-0.3, -0.25) is 9.59 Å². The predicted molar refractivity (Wildman–Crippen MR) is 145 cm³/mol. The SMILES string of the molecule is O=C(NCc1ccccc1N1CCCC1)c1ccc(C(=O)NCc2ccccc2N2CCCC2)cc1. The molecular formula is C30H34N4O2. The van der Waals surface area contributed by atoms with Crippen LogP contribution in [0.4, 0.5) is 11.4 Å². The maximum Gasteiger partial charge on any atom is 0.251 e. The first-order valence-corrected chi connectivity index (χ1v) is 13.0. The van der Waals surface area contributed by atoms with Crippen molar-refractivity contribution in [3.05, 3.63) is 95.1 Å². The Kier molecular flexibility index (Phi) is 7.50. The zero-order valence-electron chi connectivity index (χ0n) is 20.7. The Morgan fingerprint density at radius 2 is 0.917 bits per heavy atom. The molecule has 0 unspecified atom stereocenters. The fourth-order valence-corrected chi connectivity index (χ4v) is 5.18. The third-order valence-corrected chi connectivity index (χ3v) is 7.16. The lowest BCUT2D eigenvalue weighted by Crippen LogP contribution is -2.26. The molecule has 2 fully saturated rings. The number of amides is 2. The molecule has 6 nitrogen and oxygen atoms in total. The van der Waals surface area contributed by atoms with Crippen molar-refractivity contribution in [2.75, 3.05) is 36.0 Å². The van der Waals surface area contributed by atoms with Gasteiger partial charge in [0.25, 0.3) is 11.8 Å². The molecule has 5 rings (SSSR count). The highest BCUT2D eigenvalue weighted by Gasteiger charge is 2.17. The molecule has 2 aliphatic heterocycles. The van der Waals surface area contributed by atoms with Crippen molar-refractivity contribution in [1.29, 1.82) is 0 Å². The Hall–Kier alpha value is -3.80. The first kappa shape index (κ1) is 23.9. The van der Waals surface area contributed by atoms with Gasteiger partial charge in [0, 0.05) is 61.8 Å². The second-order valence-corrected chi connectivity index (χ2v) is 9.59. The Morgan fingerprint density at radius 3 is 1.31 bits per heavy atom. The van der Waals surface area contributed by atoms with Crippen LogP contribution in [0.25, 0.3) is 0 Å². The van der Waals surface area contributed by atoms with E-state index in [-0.39, 0.29) is 11.8 Å². The van der Waals surface area contributed by atoms with Crippen LogP contribution in [0.5, 0.6) is 0 Å². The summed E-state index contributed by atoms with van der Waals surface area (Å²) in [6.07, 6.45) is 4.86. The van der Waals surface area contributed by atoms with Gasteiger partial charge in [0.15, 0.2) is 0 Å². The van der Waals surface area contributed by atoms with E-state index < -0.39 is 0 Å². The monoisotopic (exact) mass is 482 g/mol. The molecule has 36 heavy (non-hydrogen) atoms. The Balaban J connectivity index is 1.16. The van der Waals surface area contributed by atoms with E-state index in [1.165, 1.54) is 37.1 Å². The number of benzene rings is 3. The molecule has 2 heterocycles. The van der Waals surface area contributed by atoms with Crippen LogP contribution < -0.4 is 20.4 Å². The molecule has 2 saturated heterocycles. The predicted octanol–water partition coefficient (Wildman–Crippen LogP) is 4.75. The number of hydrogen-bond acceptors (Lipinski definition) is 4. The van der Waals surface area contributed by atoms with Gasteiger partial charge in [-0.05, 0) is 73.2 Å². The van der Waals surface area contributed by atoms with E-state index in [0.717, 1.165) is 37.3 Å². The van der Waals surface area contributed by atoms with Crippen molar-refractivity contribution >= 4 is 23.2 Å². The Morgan fingerprint density at radius 1 is 0.556 bits per heavy atom. The van der Waals surface area contributed by atoms with Crippen LogP contribution in [0, 0.1) is 0 Å². The number of nitrogens with zero attached hydrogens (tertiary/aromatic N) is 2. The van der Waals surface area contributed by atoms with E-state index in [0.29, 0.717) is 24.2 Å². The number of rotatable bonds is 8.